The van der Waals surface area contributed by atoms with Crippen molar-refractivity contribution in [2.45, 2.75) is 39.6 Å². The first-order valence-electron chi connectivity index (χ1n) is 39.9. The van der Waals surface area contributed by atoms with Crippen LogP contribution in [0, 0.1) is 36.0 Å². The number of aryl methyl sites for hydroxylation is 1. The maximum absolute atomic E-state index is 13.1. The molecule has 0 aliphatic heterocycles. The molecule has 0 bridgehead atoms. The number of ether oxygens (including phenoxy) is 1. The Bertz CT molecular complexity index is 7610. The average molecular weight is 1820 g/mol. The summed E-state index contributed by atoms with van der Waals surface area (Å²) in [4.78, 5) is 105. The van der Waals surface area contributed by atoms with Gasteiger partial charge in [0.2, 0.25) is 0 Å². The second-order valence-electron chi connectivity index (χ2n) is 28.8. The predicted molar refractivity (Wildman–Crippen MR) is 490 cm³/mol. The Kier molecular flexibility index (Phi) is 26.7. The van der Waals surface area contributed by atoms with Gasteiger partial charge in [0.15, 0.2) is 29.1 Å². The molecule has 0 aliphatic carbocycles. The van der Waals surface area contributed by atoms with Crippen LogP contribution >= 0.6 is 34.8 Å². The van der Waals surface area contributed by atoms with Crippen molar-refractivity contribution in [2.24, 2.45) is 0 Å². The van der Waals surface area contributed by atoms with E-state index in [2.05, 4.69) is 102 Å². The molecule has 10 aromatic carbocycles. The van der Waals surface area contributed by atoms with Gasteiger partial charge in [0.1, 0.15) is 34.8 Å². The van der Waals surface area contributed by atoms with Gasteiger partial charge in [0, 0.05) is 108 Å². The number of hydrogen-bond acceptors (Lipinski definition) is 21. The Hall–Kier alpha value is -16.7. The number of halogens is 8. The van der Waals surface area contributed by atoms with Crippen LogP contribution in [-0.2, 0) is 32.7 Å². The zero-order chi connectivity index (χ0) is 91.2. The molecule has 0 amide bonds. The van der Waals surface area contributed by atoms with E-state index in [1.165, 1.54) is 114 Å². The summed E-state index contributed by atoms with van der Waals surface area (Å²) in [7, 11) is 1.60. The number of hydrogen-bond donors (Lipinski definition) is 10. The summed E-state index contributed by atoms with van der Waals surface area (Å²) in [5.41, 5.74) is 10.2. The van der Waals surface area contributed by atoms with Crippen molar-refractivity contribution in [3.8, 4) is 62.7 Å². The number of benzene rings is 10. The third kappa shape index (κ3) is 22.2. The Morgan fingerprint density at radius 3 is 0.855 bits per heavy atom. The topological polar surface area (TPSA) is 385 Å². The van der Waals surface area contributed by atoms with Crippen LogP contribution in [0.3, 0.4) is 0 Å². The first-order valence-corrected chi connectivity index (χ1v) is 41.0. The van der Waals surface area contributed by atoms with Crippen molar-refractivity contribution in [3.05, 3.63) is 403 Å². The molecule has 0 radical (unpaired) electrons. The third-order valence-corrected chi connectivity index (χ3v) is 20.3. The van der Waals surface area contributed by atoms with E-state index >= 15 is 0 Å². The number of nitrogens with zero attached hydrogens (tertiary/aromatic N) is 15. The quantitative estimate of drug-likeness (QED) is 0.0299. The molecule has 0 aliphatic rings. The summed E-state index contributed by atoms with van der Waals surface area (Å²) in [5.74, 6) is 2.73. The van der Waals surface area contributed by atoms with E-state index in [0.29, 0.717) is 133 Å². The van der Waals surface area contributed by atoms with Gasteiger partial charge in [-0.3, -0.25) is 49.5 Å². The zero-order valence-electron chi connectivity index (χ0n) is 68.7. The van der Waals surface area contributed by atoms with E-state index in [9.17, 15) is 45.9 Å². The largest absolute Gasteiger partial charge is 0.497 e. The Labute approximate surface area is 751 Å². The van der Waals surface area contributed by atoms with Crippen LogP contribution in [0.5, 0.6) is 5.75 Å². The van der Waals surface area contributed by atoms with Crippen LogP contribution in [0.25, 0.3) is 85.8 Å². The molecule has 10 N–H and O–H groups in total. The second kappa shape index (κ2) is 39.9. The van der Waals surface area contributed by atoms with E-state index in [1.807, 2.05) is 91.9 Å². The Morgan fingerprint density at radius 1 is 0.282 bits per heavy atom. The molecule has 10 aromatic heterocycles. The first-order chi connectivity index (χ1) is 63.5. The number of methoxy groups -OCH3 is 1. The van der Waals surface area contributed by atoms with Crippen LogP contribution in [0.2, 0.25) is 15.1 Å². The summed E-state index contributed by atoms with van der Waals surface area (Å²) < 4.78 is 76.7. The molecule has 10 heterocycles. The van der Waals surface area contributed by atoms with Crippen LogP contribution in [0.1, 0.15) is 34.0 Å². The molecule has 0 saturated heterocycles. The lowest BCUT2D eigenvalue weighted by Gasteiger charge is -2.07. The summed E-state index contributed by atoms with van der Waals surface area (Å²) in [6.45, 7) is 3.78. The molecule has 656 valence electrons. The molecule has 0 unspecified atom stereocenters. The number of aromatic amines is 5. The van der Waals surface area contributed by atoms with Crippen LogP contribution < -0.4 is 59.1 Å². The fraction of sp³-hybridized carbons (Fsp3) is 0.0761. The van der Waals surface area contributed by atoms with Crippen LogP contribution in [0.15, 0.2) is 297 Å². The molecular weight excluding hydrogens is 1750 g/mol. The van der Waals surface area contributed by atoms with Gasteiger partial charge in [-0.2, -0.15) is 47.5 Å². The highest BCUT2D eigenvalue weighted by atomic mass is 35.5. The number of anilines is 5. The lowest BCUT2D eigenvalue weighted by molar-refractivity contribution is 0.415. The van der Waals surface area contributed by atoms with Crippen LogP contribution in [0.4, 0.5) is 50.4 Å². The van der Waals surface area contributed by atoms with Gasteiger partial charge in [0.05, 0.1) is 68.3 Å². The van der Waals surface area contributed by atoms with Crippen molar-refractivity contribution < 1.29 is 26.7 Å². The zero-order valence-corrected chi connectivity index (χ0v) is 71.0. The van der Waals surface area contributed by atoms with E-state index in [1.54, 1.807) is 104 Å². The fourth-order valence-corrected chi connectivity index (χ4v) is 13.4. The van der Waals surface area contributed by atoms with Crippen molar-refractivity contribution in [3.63, 3.8) is 0 Å². The maximum Gasteiger partial charge on any atom is 0.274 e. The lowest BCUT2D eigenvalue weighted by Crippen LogP contribution is -2.17. The van der Waals surface area contributed by atoms with Gasteiger partial charge in [-0.25, -0.2) is 46.9 Å². The SMILES string of the molecule is COc1cccc(NCc2cc(=O)n3[nH]c(-c4ccc(F)cc4)nc3n2)c1.Cc1ccccc1-c1nc2nc(CNc3ccc(Cl)cc3)cc(=O)n2[nH]1.O=c1cc(CNc2ccc(Cl)cc2)nc2nc(-c3ccc(F)cc3)[nH]n12.O=c1cc(CNc2ccc(F)cc2)nc2nc(-c3ccc(F)cc3)[nH]n12.O=c1cc(CNc2cccc(Cl)c2)nc2nc(-c3ccc(F)cc3)[nH]n12. The predicted octanol–water partition coefficient (Wildman–Crippen LogP) is 16.5. The number of aromatic nitrogens is 20. The standard InChI is InChI=1S/C19H16ClN5O.C19H16FN5O2.2C18H13ClFN5O.C18H13F2N5O/c1-12-4-2-3-5-16(12)18-23-19-22-15(10-17(26)25(19)24-18)11-21-14-8-6-13(20)7-9-14;1-27-16-4-2-3-14(9-16)21-11-15-10-17(26)25-19(22-15)23-18(24-25)12-5-7-13(20)8-6-12;19-12-3-7-14(8-4-12)21-10-15-9-16(26)25-18(22-15)23-17(24-25)11-1-5-13(20)6-2-11;19-12-2-1-3-14(8-12)21-10-15-9-16(26)25-18(22-15)23-17(24-25)11-4-6-13(20)7-5-11;19-12-3-1-11(2-4-12)17-23-18-22-15(9-16(26)25(18)24-17)10-21-14-7-5-13(20)6-8-14/h2-10,21H,11H2,1H3,(H,22,23,24);2-10,21H,11H2,1H3,(H,22,23,24);3*1-9,21H,10H2,(H,22,23,24). The van der Waals surface area contributed by atoms with Gasteiger partial charge in [-0.05, 0) is 213 Å². The fourth-order valence-electron chi connectivity index (χ4n) is 13.0. The minimum atomic E-state index is -0.352. The van der Waals surface area contributed by atoms with Gasteiger partial charge >= 0.3 is 0 Å². The van der Waals surface area contributed by atoms with Crippen molar-refractivity contribution in [2.75, 3.05) is 33.7 Å². The van der Waals surface area contributed by atoms with E-state index in [4.69, 9.17) is 39.5 Å². The van der Waals surface area contributed by atoms with Gasteiger partial charge in [-0.1, -0.05) is 71.2 Å². The van der Waals surface area contributed by atoms with E-state index in [-0.39, 0.29) is 86.5 Å². The second-order valence-corrected chi connectivity index (χ2v) is 30.1. The number of nitrogens with one attached hydrogen (secondary N) is 10. The minimum absolute atomic E-state index is 0.199. The van der Waals surface area contributed by atoms with E-state index in [0.717, 1.165) is 39.6 Å². The minimum Gasteiger partial charge on any atom is -0.497 e. The molecule has 0 atom stereocenters. The summed E-state index contributed by atoms with van der Waals surface area (Å²) in [5, 5.41) is 32.3. The summed E-state index contributed by atoms with van der Waals surface area (Å²) in [6, 6.07) is 73.5. The Balaban J connectivity index is 0.000000120. The molecule has 131 heavy (non-hydrogen) atoms. The van der Waals surface area contributed by atoms with Crippen molar-refractivity contribution in [1.82, 2.24) is 97.9 Å². The van der Waals surface area contributed by atoms with E-state index < -0.39 is 0 Å². The molecule has 39 heteroatoms. The highest BCUT2D eigenvalue weighted by Gasteiger charge is 2.18. The van der Waals surface area contributed by atoms with Gasteiger partial charge < -0.3 is 31.3 Å². The number of rotatable bonds is 21. The number of fused-ring (bicyclic) bond motifs is 5. The lowest BCUT2D eigenvalue weighted by atomic mass is 10.1. The highest BCUT2D eigenvalue weighted by molar-refractivity contribution is 6.31. The highest BCUT2D eigenvalue weighted by Crippen LogP contribution is 2.26. The third-order valence-electron chi connectivity index (χ3n) is 19.6. The summed E-state index contributed by atoms with van der Waals surface area (Å²) >= 11 is 17.7. The van der Waals surface area contributed by atoms with Gasteiger partial charge in [-0.15, -0.1) is 0 Å². The summed E-state index contributed by atoms with van der Waals surface area (Å²) in [6.07, 6.45) is 0. The molecule has 31 nitrogen and oxygen atoms in total. The van der Waals surface area contributed by atoms with Crippen molar-refractivity contribution >= 4 is 92.1 Å². The molecule has 20 aromatic rings. The molecule has 0 fully saturated rings. The van der Waals surface area contributed by atoms with Crippen LogP contribution in [-0.4, -0.2) is 105 Å². The number of H-pyrrole nitrogens is 5. The maximum atomic E-state index is 13.1. The van der Waals surface area contributed by atoms with Gasteiger partial charge in [0.25, 0.3) is 56.7 Å². The monoisotopic (exact) mass is 1820 g/mol. The average Bonchev–Trinajstić information content (AvgIpc) is 1.54. The molecule has 0 spiro atoms. The molecule has 0 saturated carbocycles. The van der Waals surface area contributed by atoms with Crippen molar-refractivity contribution in [1.29, 1.82) is 0 Å². The molecule has 20 rings (SSSR count). The normalized spacial score (nSPS) is 11.0. The smallest absolute Gasteiger partial charge is 0.274 e. The molecular formula is C92H71Cl3F5N25O6. The Morgan fingerprint density at radius 2 is 0.550 bits per heavy atom. The first kappa shape index (κ1) is 87.7.